The van der Waals surface area contributed by atoms with E-state index in [1.54, 1.807) is 19.4 Å². The van der Waals surface area contributed by atoms with Crippen LogP contribution in [0.15, 0.2) is 77.9 Å². The molecule has 0 spiro atoms. The summed E-state index contributed by atoms with van der Waals surface area (Å²) >= 11 is 12.9. The van der Waals surface area contributed by atoms with Gasteiger partial charge in [0.05, 0.1) is 51.3 Å². The van der Waals surface area contributed by atoms with Gasteiger partial charge in [-0.05, 0) is 68.4 Å². The maximum atomic E-state index is 6.68. The monoisotopic (exact) mass is 503 g/mol. The van der Waals surface area contributed by atoms with Crippen molar-refractivity contribution in [3.63, 3.8) is 0 Å². The van der Waals surface area contributed by atoms with Crippen molar-refractivity contribution in [2.75, 3.05) is 12.4 Å². The highest BCUT2D eigenvalue weighted by Crippen LogP contribution is 2.34. The minimum absolute atomic E-state index is 0.0739. The molecule has 2 aliphatic rings. The Kier molecular flexibility index (Phi) is 6.32. The van der Waals surface area contributed by atoms with Crippen molar-refractivity contribution in [1.29, 1.82) is 0 Å². The number of methoxy groups -OCH3 is 1. The first-order valence-corrected chi connectivity index (χ1v) is 11.9. The van der Waals surface area contributed by atoms with Crippen molar-refractivity contribution >= 4 is 45.6 Å². The number of aromatic nitrogens is 3. The van der Waals surface area contributed by atoms with Gasteiger partial charge in [-0.1, -0.05) is 35.3 Å². The lowest BCUT2D eigenvalue weighted by Gasteiger charge is -2.21. The molecule has 5 rings (SSSR count). The maximum Gasteiger partial charge on any atom is 0.237 e. The Morgan fingerprint density at radius 3 is 2.57 bits per heavy atom. The standard InChI is InChI=1S/C27H23Cl2N5O/c1-16(2)31-22-15-26-23(14-21(22)33-20-8-6-12-30-27(20)35-3)32-19-7-4-5-9-25(19)34(26)24-11-10-17(28)13-18(24)29/h4-16,33H,1-3H3. The van der Waals surface area contributed by atoms with Gasteiger partial charge in [-0.15, -0.1) is 0 Å². The van der Waals surface area contributed by atoms with Gasteiger partial charge in [-0.2, -0.15) is 0 Å². The maximum absolute atomic E-state index is 6.68. The van der Waals surface area contributed by atoms with Crippen molar-refractivity contribution in [1.82, 2.24) is 14.5 Å². The second-order valence-corrected chi connectivity index (χ2v) is 9.14. The fourth-order valence-electron chi connectivity index (χ4n) is 4.04. The molecule has 1 aromatic heterocycles. The van der Waals surface area contributed by atoms with Gasteiger partial charge < -0.3 is 14.6 Å². The van der Waals surface area contributed by atoms with Crippen LogP contribution in [0.25, 0.3) is 28.1 Å². The van der Waals surface area contributed by atoms with Crippen LogP contribution in [0.2, 0.25) is 10.0 Å². The van der Waals surface area contributed by atoms with Crippen LogP contribution in [0.5, 0.6) is 5.88 Å². The van der Waals surface area contributed by atoms with Gasteiger partial charge in [-0.25, -0.2) is 9.97 Å². The summed E-state index contributed by atoms with van der Waals surface area (Å²) in [5.74, 6) is 0.498. The van der Waals surface area contributed by atoms with Gasteiger partial charge in [-0.3, -0.25) is 4.99 Å². The van der Waals surface area contributed by atoms with Crippen LogP contribution < -0.4 is 15.4 Å². The minimum Gasteiger partial charge on any atom is -0.480 e. The fourth-order valence-corrected chi connectivity index (χ4v) is 4.54. The summed E-state index contributed by atoms with van der Waals surface area (Å²) in [6, 6.07) is 21.3. The quantitative estimate of drug-likeness (QED) is 0.265. The Morgan fingerprint density at radius 2 is 1.80 bits per heavy atom. The van der Waals surface area contributed by atoms with Crippen LogP contribution in [-0.2, 0) is 0 Å². The minimum atomic E-state index is 0.0739. The van der Waals surface area contributed by atoms with E-state index in [9.17, 15) is 0 Å². The number of hydrogen-bond donors (Lipinski definition) is 1. The average Bonchev–Trinajstić information content (AvgIpc) is 2.84. The van der Waals surface area contributed by atoms with Crippen LogP contribution in [0.1, 0.15) is 13.8 Å². The van der Waals surface area contributed by atoms with Gasteiger partial charge in [0.1, 0.15) is 5.69 Å². The molecule has 0 atom stereocenters. The Labute approximate surface area is 213 Å². The summed E-state index contributed by atoms with van der Waals surface area (Å²) in [6.07, 6.45) is 1.69. The van der Waals surface area contributed by atoms with Gasteiger partial charge in [0.2, 0.25) is 5.88 Å². The molecule has 176 valence electrons. The van der Waals surface area contributed by atoms with Gasteiger partial charge in [0.25, 0.3) is 0 Å². The first-order chi connectivity index (χ1) is 16.9. The van der Waals surface area contributed by atoms with Crippen LogP contribution in [0.3, 0.4) is 0 Å². The molecular weight excluding hydrogens is 481 g/mol. The van der Waals surface area contributed by atoms with Crippen LogP contribution >= 0.6 is 23.2 Å². The third-order valence-corrected chi connectivity index (χ3v) is 6.02. The summed E-state index contributed by atoms with van der Waals surface area (Å²) in [7, 11) is 1.60. The molecule has 0 amide bonds. The van der Waals surface area contributed by atoms with Crippen LogP contribution in [0, 0.1) is 0 Å². The first-order valence-electron chi connectivity index (χ1n) is 11.2. The SMILES string of the molecule is COc1ncccc1Nc1cc2nc3ccccc3n(-c3ccc(Cl)cc3Cl)c-2cc1=NC(C)C. The molecule has 0 radical (unpaired) electrons. The summed E-state index contributed by atoms with van der Waals surface area (Å²) in [4.78, 5) is 14.1. The highest BCUT2D eigenvalue weighted by atomic mass is 35.5. The molecule has 0 saturated carbocycles. The van der Waals surface area contributed by atoms with E-state index in [1.165, 1.54) is 0 Å². The Morgan fingerprint density at radius 1 is 0.971 bits per heavy atom. The van der Waals surface area contributed by atoms with E-state index in [0.29, 0.717) is 15.9 Å². The molecule has 35 heavy (non-hydrogen) atoms. The van der Waals surface area contributed by atoms with Crippen molar-refractivity contribution in [3.8, 4) is 23.0 Å². The molecule has 2 aromatic carbocycles. The van der Waals surface area contributed by atoms with E-state index >= 15 is 0 Å². The number of hydrogen-bond acceptors (Lipinski definition) is 5. The zero-order valence-corrected chi connectivity index (χ0v) is 21.0. The number of nitrogens with zero attached hydrogens (tertiary/aromatic N) is 4. The van der Waals surface area contributed by atoms with E-state index in [4.69, 9.17) is 37.9 Å². The summed E-state index contributed by atoms with van der Waals surface area (Å²) in [5, 5.41) is 5.35. The molecule has 6 nitrogen and oxygen atoms in total. The summed E-state index contributed by atoms with van der Waals surface area (Å²) < 4.78 is 7.54. The number of halogens is 2. The normalized spacial score (nSPS) is 12.0. The fraction of sp³-hybridized carbons (Fsp3) is 0.148. The number of pyridine rings is 1. The summed E-state index contributed by atoms with van der Waals surface area (Å²) in [5.41, 5.74) is 5.76. The van der Waals surface area contributed by atoms with Crippen molar-refractivity contribution in [3.05, 3.63) is 88.3 Å². The van der Waals surface area contributed by atoms with E-state index < -0.39 is 0 Å². The smallest absolute Gasteiger partial charge is 0.237 e. The van der Waals surface area contributed by atoms with E-state index in [0.717, 1.165) is 44.8 Å². The topological polar surface area (TPSA) is 64.3 Å². The largest absolute Gasteiger partial charge is 0.480 e. The third-order valence-electron chi connectivity index (χ3n) is 5.48. The second-order valence-electron chi connectivity index (χ2n) is 8.30. The van der Waals surface area contributed by atoms with E-state index in [2.05, 4.69) is 14.9 Å². The molecule has 0 bridgehead atoms. The molecule has 0 unspecified atom stereocenters. The van der Waals surface area contributed by atoms with Gasteiger partial charge in [0, 0.05) is 17.3 Å². The van der Waals surface area contributed by atoms with E-state index in [1.807, 2.05) is 74.5 Å². The lowest BCUT2D eigenvalue weighted by atomic mass is 10.1. The highest BCUT2D eigenvalue weighted by molar-refractivity contribution is 6.35. The lowest BCUT2D eigenvalue weighted by Crippen LogP contribution is -2.17. The van der Waals surface area contributed by atoms with Gasteiger partial charge >= 0.3 is 0 Å². The number of fused-ring (bicyclic) bond motifs is 2. The third kappa shape index (κ3) is 4.55. The summed E-state index contributed by atoms with van der Waals surface area (Å²) in [6.45, 7) is 4.09. The number of ether oxygens (including phenoxy) is 1. The molecular formula is C27H23Cl2N5O. The predicted octanol–water partition coefficient (Wildman–Crippen LogP) is 6.89. The zero-order valence-electron chi connectivity index (χ0n) is 19.5. The molecule has 8 heteroatoms. The van der Waals surface area contributed by atoms with E-state index in [-0.39, 0.29) is 6.04 Å². The van der Waals surface area contributed by atoms with Crippen molar-refractivity contribution in [2.45, 2.75) is 19.9 Å². The number of benzene rings is 3. The highest BCUT2D eigenvalue weighted by Gasteiger charge is 2.19. The predicted molar refractivity (Wildman–Crippen MR) is 142 cm³/mol. The number of para-hydroxylation sites is 2. The molecule has 1 aliphatic carbocycles. The number of nitrogens with one attached hydrogen (secondary N) is 1. The van der Waals surface area contributed by atoms with Crippen molar-refractivity contribution < 1.29 is 4.74 Å². The molecule has 1 aliphatic heterocycles. The Hall–Kier alpha value is -3.61. The Bertz CT molecular complexity index is 1580. The molecule has 2 heterocycles. The molecule has 3 aromatic rings. The van der Waals surface area contributed by atoms with Crippen LogP contribution in [-0.4, -0.2) is 27.7 Å². The molecule has 0 saturated heterocycles. The molecule has 1 N–H and O–H groups in total. The molecule has 0 fully saturated rings. The van der Waals surface area contributed by atoms with Gasteiger partial charge in [0.15, 0.2) is 0 Å². The average molecular weight is 504 g/mol. The Balaban J connectivity index is 1.84. The first kappa shape index (κ1) is 23.1. The lowest BCUT2D eigenvalue weighted by molar-refractivity contribution is 0.400. The zero-order chi connectivity index (χ0) is 24.5. The second kappa shape index (κ2) is 9.56. The number of anilines is 2. The van der Waals surface area contributed by atoms with Crippen molar-refractivity contribution in [2.24, 2.45) is 4.99 Å². The number of rotatable bonds is 5. The van der Waals surface area contributed by atoms with Crippen LogP contribution in [0.4, 0.5) is 11.4 Å².